The fraction of sp³-hybridized carbons (Fsp3) is 0.263. The predicted molar refractivity (Wildman–Crippen MR) is 101 cm³/mol. The average molecular weight is 370 g/mol. The third-order valence-electron chi connectivity index (χ3n) is 4.51. The number of thiophene rings is 1. The molecule has 0 bridgehead atoms. The smallest absolute Gasteiger partial charge is 0.224 e. The van der Waals surface area contributed by atoms with Gasteiger partial charge in [-0.05, 0) is 35.6 Å². The van der Waals surface area contributed by atoms with Gasteiger partial charge in [0.15, 0.2) is 5.82 Å². The molecule has 3 heterocycles. The Balaban J connectivity index is 1.32. The van der Waals surface area contributed by atoms with Crippen LogP contribution in [0.15, 0.2) is 47.8 Å². The summed E-state index contributed by atoms with van der Waals surface area (Å²) in [6.45, 7) is 1.60. The van der Waals surface area contributed by atoms with Crippen LogP contribution in [0.2, 0.25) is 0 Å². The molecule has 3 aromatic rings. The van der Waals surface area contributed by atoms with Crippen molar-refractivity contribution in [1.29, 1.82) is 0 Å². The molecule has 1 atom stereocenters. The van der Waals surface area contributed by atoms with Crippen LogP contribution < -0.4 is 10.2 Å². The van der Waals surface area contributed by atoms with Crippen LogP contribution >= 0.6 is 11.3 Å². The minimum atomic E-state index is -0.290. The lowest BCUT2D eigenvalue weighted by atomic mass is 10.1. The van der Waals surface area contributed by atoms with Crippen LogP contribution in [0.5, 0.6) is 0 Å². The fourth-order valence-corrected chi connectivity index (χ4v) is 3.88. The third kappa shape index (κ3) is 3.77. The van der Waals surface area contributed by atoms with Crippen molar-refractivity contribution in [1.82, 2.24) is 15.5 Å². The second-order valence-corrected chi connectivity index (χ2v) is 7.37. The maximum absolute atomic E-state index is 12.9. The Morgan fingerprint density at radius 1 is 1.35 bits per heavy atom. The lowest BCUT2D eigenvalue weighted by Crippen LogP contribution is -2.38. The summed E-state index contributed by atoms with van der Waals surface area (Å²) in [5.41, 5.74) is 1.82. The van der Waals surface area contributed by atoms with E-state index in [1.807, 2.05) is 11.4 Å². The van der Waals surface area contributed by atoms with E-state index < -0.39 is 0 Å². The zero-order valence-electron chi connectivity index (χ0n) is 14.1. The Bertz CT molecular complexity index is 875. The number of aromatic amines is 1. The molecule has 7 heteroatoms. The third-order valence-corrected chi connectivity index (χ3v) is 5.41. The van der Waals surface area contributed by atoms with Crippen molar-refractivity contribution in [3.05, 3.63) is 59.2 Å². The van der Waals surface area contributed by atoms with Crippen molar-refractivity contribution in [2.75, 3.05) is 18.0 Å². The molecule has 0 saturated carbocycles. The molecular formula is C19H19FN4OS. The molecule has 1 aromatic carbocycles. The van der Waals surface area contributed by atoms with Gasteiger partial charge in [-0.1, -0.05) is 18.2 Å². The number of H-pyrrole nitrogens is 1. The van der Waals surface area contributed by atoms with Crippen molar-refractivity contribution in [2.45, 2.75) is 18.9 Å². The number of hydrogen-bond acceptors (Lipinski definition) is 4. The number of hydrogen-bond donors (Lipinski definition) is 2. The van der Waals surface area contributed by atoms with Crippen LogP contribution in [0.1, 0.15) is 12.0 Å². The lowest BCUT2D eigenvalue weighted by Gasteiger charge is -2.16. The van der Waals surface area contributed by atoms with E-state index >= 15 is 0 Å². The predicted octanol–water partition coefficient (Wildman–Crippen LogP) is 3.21. The van der Waals surface area contributed by atoms with Gasteiger partial charge in [0.05, 0.1) is 17.0 Å². The van der Waals surface area contributed by atoms with E-state index in [0.29, 0.717) is 0 Å². The fourth-order valence-electron chi connectivity index (χ4n) is 3.18. The Morgan fingerprint density at radius 3 is 2.96 bits per heavy atom. The zero-order chi connectivity index (χ0) is 17.9. The summed E-state index contributed by atoms with van der Waals surface area (Å²) in [4.78, 5) is 15.5. The van der Waals surface area contributed by atoms with Crippen LogP contribution in [0.4, 0.5) is 10.2 Å². The van der Waals surface area contributed by atoms with Crippen LogP contribution in [-0.2, 0) is 11.2 Å². The van der Waals surface area contributed by atoms with Crippen LogP contribution in [0, 0.1) is 5.82 Å². The van der Waals surface area contributed by atoms with Gasteiger partial charge in [-0.15, -0.1) is 11.3 Å². The first-order valence-electron chi connectivity index (χ1n) is 8.55. The highest BCUT2D eigenvalue weighted by atomic mass is 32.1. The monoisotopic (exact) mass is 370 g/mol. The van der Waals surface area contributed by atoms with E-state index in [0.717, 1.165) is 41.5 Å². The largest absolute Gasteiger partial charge is 0.353 e. The minimum Gasteiger partial charge on any atom is -0.353 e. The maximum atomic E-state index is 12.9. The molecule has 0 spiro atoms. The molecule has 26 heavy (non-hydrogen) atoms. The second kappa shape index (κ2) is 7.29. The normalized spacial score (nSPS) is 16.8. The number of halogens is 1. The molecule has 0 radical (unpaired) electrons. The van der Waals surface area contributed by atoms with Crippen molar-refractivity contribution >= 4 is 23.1 Å². The van der Waals surface area contributed by atoms with Crippen molar-refractivity contribution in [2.24, 2.45) is 0 Å². The Hall–Kier alpha value is -2.67. The number of rotatable bonds is 5. The molecule has 0 aliphatic carbocycles. The lowest BCUT2D eigenvalue weighted by molar-refractivity contribution is -0.121. The summed E-state index contributed by atoms with van der Waals surface area (Å²) in [7, 11) is 0. The summed E-state index contributed by atoms with van der Waals surface area (Å²) in [6, 6.07) is 12.3. The van der Waals surface area contributed by atoms with Crippen molar-refractivity contribution in [3.63, 3.8) is 0 Å². The topological polar surface area (TPSA) is 61.0 Å². The standard InChI is InChI=1S/C19H19FN4OS/c20-14-5-3-13(4-6-14)10-19(25)21-15-7-8-24(12-15)18-11-16(22-23-18)17-2-1-9-26-17/h1-6,9,11,15H,7-8,10,12H2,(H,21,25)(H,22,23)/t15-/m0/s1. The molecule has 5 nitrogen and oxygen atoms in total. The van der Waals surface area contributed by atoms with Crippen LogP contribution in [-0.4, -0.2) is 35.2 Å². The molecule has 4 rings (SSSR count). The van der Waals surface area contributed by atoms with Gasteiger partial charge < -0.3 is 10.2 Å². The van der Waals surface area contributed by atoms with E-state index in [1.54, 1.807) is 23.5 Å². The van der Waals surface area contributed by atoms with Gasteiger partial charge in [0.25, 0.3) is 0 Å². The van der Waals surface area contributed by atoms with Gasteiger partial charge in [-0.3, -0.25) is 9.89 Å². The SMILES string of the molecule is O=C(Cc1ccc(F)cc1)N[C@H]1CCN(c2cc(-c3cccs3)[nH]n2)C1. The van der Waals surface area contributed by atoms with Crippen LogP contribution in [0.25, 0.3) is 10.6 Å². The molecule has 134 valence electrons. The number of carbonyl (C=O) groups is 1. The van der Waals surface area contributed by atoms with Crippen molar-refractivity contribution in [3.8, 4) is 10.6 Å². The molecule has 0 unspecified atom stereocenters. The molecule has 1 amide bonds. The number of carbonyl (C=O) groups excluding carboxylic acids is 1. The van der Waals surface area contributed by atoms with E-state index in [2.05, 4.69) is 32.5 Å². The Morgan fingerprint density at radius 2 is 2.19 bits per heavy atom. The van der Waals surface area contributed by atoms with Gasteiger partial charge in [0, 0.05) is 25.2 Å². The number of nitrogens with zero attached hydrogens (tertiary/aromatic N) is 2. The minimum absolute atomic E-state index is 0.0373. The number of anilines is 1. The Labute approximate surface area is 154 Å². The summed E-state index contributed by atoms with van der Waals surface area (Å²) in [6.07, 6.45) is 1.15. The summed E-state index contributed by atoms with van der Waals surface area (Å²) in [5.74, 6) is 0.579. The molecule has 2 N–H and O–H groups in total. The summed E-state index contributed by atoms with van der Waals surface area (Å²) < 4.78 is 12.9. The second-order valence-electron chi connectivity index (χ2n) is 6.42. The number of nitrogens with one attached hydrogen (secondary N) is 2. The first-order chi connectivity index (χ1) is 12.7. The number of benzene rings is 1. The molecule has 1 fully saturated rings. The number of aromatic nitrogens is 2. The zero-order valence-corrected chi connectivity index (χ0v) is 14.9. The van der Waals surface area contributed by atoms with E-state index in [9.17, 15) is 9.18 Å². The highest BCUT2D eigenvalue weighted by Crippen LogP contribution is 2.27. The van der Waals surface area contributed by atoms with Crippen LogP contribution in [0.3, 0.4) is 0 Å². The van der Waals surface area contributed by atoms with E-state index in [4.69, 9.17) is 0 Å². The van der Waals surface area contributed by atoms with E-state index in [-0.39, 0.29) is 24.2 Å². The molecule has 1 aliphatic rings. The van der Waals surface area contributed by atoms with Crippen molar-refractivity contribution < 1.29 is 9.18 Å². The van der Waals surface area contributed by atoms with Gasteiger partial charge in [-0.25, -0.2) is 4.39 Å². The quantitative estimate of drug-likeness (QED) is 0.725. The van der Waals surface area contributed by atoms with Gasteiger partial charge >= 0.3 is 0 Å². The molecule has 2 aromatic heterocycles. The van der Waals surface area contributed by atoms with Gasteiger partial charge in [0.1, 0.15) is 5.82 Å². The average Bonchev–Trinajstić information content (AvgIpc) is 3.37. The first-order valence-corrected chi connectivity index (χ1v) is 9.43. The van der Waals surface area contributed by atoms with Gasteiger partial charge in [0.2, 0.25) is 5.91 Å². The Kier molecular flexibility index (Phi) is 4.71. The molecular weight excluding hydrogens is 351 g/mol. The molecule has 1 saturated heterocycles. The van der Waals surface area contributed by atoms with Gasteiger partial charge in [-0.2, -0.15) is 5.10 Å². The summed E-state index contributed by atoms with van der Waals surface area (Å²) in [5, 5.41) is 12.6. The highest BCUT2D eigenvalue weighted by molar-refractivity contribution is 7.13. The van der Waals surface area contributed by atoms with E-state index in [1.165, 1.54) is 12.1 Å². The molecule has 1 aliphatic heterocycles. The maximum Gasteiger partial charge on any atom is 0.224 e. The number of amides is 1. The first kappa shape index (κ1) is 16.8. The highest BCUT2D eigenvalue weighted by Gasteiger charge is 2.25. The summed E-state index contributed by atoms with van der Waals surface area (Å²) >= 11 is 1.67.